The van der Waals surface area contributed by atoms with Crippen LogP contribution in [0.4, 0.5) is 0 Å². The molecule has 2 aromatic heterocycles. The fourth-order valence-corrected chi connectivity index (χ4v) is 4.52. The van der Waals surface area contributed by atoms with E-state index in [0.717, 1.165) is 55.9 Å². The molecule has 0 unspecified atom stereocenters. The standard InChI is InChI=1S/C19H26N6O/c1-11(2)17-21-18(23-22-17)14-9-25(8-13(14)12-5-6-12)19(26)15-10-24-7-3-4-16(24)20-15/h10-14H,3-9H2,1-2H3,(H,21,22,23)/t13-,14+/m1/s1. The molecule has 5 rings (SSSR count). The Bertz CT molecular complexity index is 811. The number of likely N-dealkylation sites (tertiary alicyclic amines) is 1. The number of hydrogen-bond acceptors (Lipinski definition) is 4. The molecular formula is C19H26N6O. The largest absolute Gasteiger partial charge is 0.336 e. The molecular weight excluding hydrogens is 328 g/mol. The molecule has 4 heterocycles. The quantitative estimate of drug-likeness (QED) is 0.914. The molecule has 0 spiro atoms. The number of aromatic amines is 1. The van der Waals surface area contributed by atoms with Crippen LogP contribution >= 0.6 is 0 Å². The summed E-state index contributed by atoms with van der Waals surface area (Å²) in [4.78, 5) is 24.3. The Balaban J connectivity index is 1.38. The monoisotopic (exact) mass is 354 g/mol. The number of rotatable bonds is 4. The van der Waals surface area contributed by atoms with E-state index in [9.17, 15) is 4.79 Å². The average Bonchev–Trinajstić information content (AvgIpc) is 3.05. The summed E-state index contributed by atoms with van der Waals surface area (Å²) in [5.74, 6) is 4.73. The number of nitrogens with zero attached hydrogens (tertiary/aromatic N) is 5. The SMILES string of the molecule is CC(C)c1n[nH]c([C@H]2CN(C(=O)c3cn4c(n3)CCC4)C[C@@H]2C2CC2)n1. The maximum atomic E-state index is 13.0. The van der Waals surface area contributed by atoms with Crippen molar-refractivity contribution in [2.45, 2.75) is 57.9 Å². The van der Waals surface area contributed by atoms with Gasteiger partial charge in [-0.25, -0.2) is 9.97 Å². The third-order valence-electron chi connectivity index (χ3n) is 6.15. The van der Waals surface area contributed by atoms with Gasteiger partial charge in [-0.05, 0) is 31.1 Å². The average molecular weight is 354 g/mol. The number of carbonyl (C=O) groups is 1. The highest BCUT2D eigenvalue weighted by Gasteiger charge is 2.46. The summed E-state index contributed by atoms with van der Waals surface area (Å²) in [5, 5.41) is 7.53. The second-order valence-corrected chi connectivity index (χ2v) is 8.39. The second-order valence-electron chi connectivity index (χ2n) is 8.39. The lowest BCUT2D eigenvalue weighted by Crippen LogP contribution is -2.29. The summed E-state index contributed by atoms with van der Waals surface area (Å²) in [6, 6.07) is 0. The van der Waals surface area contributed by atoms with Crippen molar-refractivity contribution in [2.75, 3.05) is 13.1 Å². The van der Waals surface area contributed by atoms with Crippen molar-refractivity contribution in [1.29, 1.82) is 0 Å². The zero-order chi connectivity index (χ0) is 17.8. The Morgan fingerprint density at radius 3 is 2.81 bits per heavy atom. The third-order valence-corrected chi connectivity index (χ3v) is 6.15. The van der Waals surface area contributed by atoms with E-state index in [4.69, 9.17) is 4.98 Å². The molecule has 26 heavy (non-hydrogen) atoms. The molecule has 2 atom stereocenters. The maximum absolute atomic E-state index is 13.0. The van der Waals surface area contributed by atoms with E-state index in [1.54, 1.807) is 0 Å². The second kappa shape index (κ2) is 5.93. The lowest BCUT2D eigenvalue weighted by molar-refractivity contribution is 0.0779. The van der Waals surface area contributed by atoms with E-state index in [-0.39, 0.29) is 11.8 Å². The first-order valence-corrected chi connectivity index (χ1v) is 9.87. The van der Waals surface area contributed by atoms with Gasteiger partial charge in [-0.3, -0.25) is 9.89 Å². The van der Waals surface area contributed by atoms with Crippen LogP contribution in [0.2, 0.25) is 0 Å². The third kappa shape index (κ3) is 2.64. The molecule has 1 aliphatic carbocycles. The molecule has 2 fully saturated rings. The number of aryl methyl sites for hydroxylation is 2. The minimum atomic E-state index is 0.0728. The summed E-state index contributed by atoms with van der Waals surface area (Å²) < 4.78 is 2.13. The van der Waals surface area contributed by atoms with Gasteiger partial charge in [0.1, 0.15) is 17.3 Å². The van der Waals surface area contributed by atoms with E-state index in [2.05, 4.69) is 33.6 Å². The van der Waals surface area contributed by atoms with E-state index in [0.29, 0.717) is 17.5 Å². The molecule has 138 valence electrons. The van der Waals surface area contributed by atoms with Gasteiger partial charge in [-0.15, -0.1) is 0 Å². The molecule has 2 aliphatic heterocycles. The topological polar surface area (TPSA) is 79.7 Å². The van der Waals surface area contributed by atoms with Crippen LogP contribution in [-0.2, 0) is 13.0 Å². The van der Waals surface area contributed by atoms with Crippen molar-refractivity contribution in [2.24, 2.45) is 11.8 Å². The minimum absolute atomic E-state index is 0.0728. The van der Waals surface area contributed by atoms with Crippen molar-refractivity contribution in [3.8, 4) is 0 Å². The number of imidazole rings is 1. The zero-order valence-electron chi connectivity index (χ0n) is 15.5. The summed E-state index contributed by atoms with van der Waals surface area (Å²) in [6.07, 6.45) is 6.60. The Morgan fingerprint density at radius 1 is 1.27 bits per heavy atom. The van der Waals surface area contributed by atoms with Gasteiger partial charge < -0.3 is 9.47 Å². The molecule has 3 aliphatic rings. The molecule has 1 amide bonds. The lowest BCUT2D eigenvalue weighted by Gasteiger charge is -2.14. The van der Waals surface area contributed by atoms with Gasteiger partial charge in [0, 0.05) is 44.1 Å². The Labute approximate surface area is 153 Å². The summed E-state index contributed by atoms with van der Waals surface area (Å²) >= 11 is 0. The van der Waals surface area contributed by atoms with E-state index < -0.39 is 0 Å². The molecule has 0 bridgehead atoms. The Kier molecular flexibility index (Phi) is 3.65. The molecule has 2 aromatic rings. The van der Waals surface area contributed by atoms with Crippen molar-refractivity contribution in [3.05, 3.63) is 29.4 Å². The van der Waals surface area contributed by atoms with Crippen molar-refractivity contribution >= 4 is 5.91 Å². The fraction of sp³-hybridized carbons (Fsp3) is 0.684. The summed E-state index contributed by atoms with van der Waals surface area (Å²) in [6.45, 7) is 6.73. The van der Waals surface area contributed by atoms with Crippen molar-refractivity contribution in [1.82, 2.24) is 29.6 Å². The number of nitrogens with one attached hydrogen (secondary N) is 1. The highest BCUT2D eigenvalue weighted by Crippen LogP contribution is 2.47. The molecule has 0 radical (unpaired) electrons. The molecule has 7 nitrogen and oxygen atoms in total. The molecule has 1 N–H and O–H groups in total. The zero-order valence-corrected chi connectivity index (χ0v) is 15.5. The first-order valence-electron chi connectivity index (χ1n) is 9.87. The number of amides is 1. The predicted octanol–water partition coefficient (Wildman–Crippen LogP) is 2.34. The first-order chi connectivity index (χ1) is 12.6. The normalized spacial score (nSPS) is 25.3. The van der Waals surface area contributed by atoms with E-state index in [1.165, 1.54) is 12.8 Å². The van der Waals surface area contributed by atoms with Crippen LogP contribution in [0, 0.1) is 11.8 Å². The van der Waals surface area contributed by atoms with Gasteiger partial charge in [-0.1, -0.05) is 13.8 Å². The van der Waals surface area contributed by atoms with Crippen LogP contribution in [-0.4, -0.2) is 48.6 Å². The smallest absolute Gasteiger partial charge is 0.274 e. The molecule has 0 aromatic carbocycles. The predicted molar refractivity (Wildman–Crippen MR) is 95.9 cm³/mol. The van der Waals surface area contributed by atoms with E-state index >= 15 is 0 Å². The van der Waals surface area contributed by atoms with Crippen molar-refractivity contribution < 1.29 is 4.79 Å². The molecule has 1 saturated heterocycles. The van der Waals surface area contributed by atoms with Crippen LogP contribution in [0.5, 0.6) is 0 Å². The van der Waals surface area contributed by atoms with Gasteiger partial charge in [0.15, 0.2) is 5.82 Å². The number of fused-ring (bicyclic) bond motifs is 1. The highest BCUT2D eigenvalue weighted by atomic mass is 16.2. The number of carbonyl (C=O) groups excluding carboxylic acids is 1. The van der Waals surface area contributed by atoms with Gasteiger partial charge in [0.2, 0.25) is 0 Å². The Hall–Kier alpha value is -2.18. The van der Waals surface area contributed by atoms with Crippen LogP contribution in [0.25, 0.3) is 0 Å². The molecule has 7 heteroatoms. The fourth-order valence-electron chi connectivity index (χ4n) is 4.52. The van der Waals surface area contributed by atoms with Gasteiger partial charge in [0.25, 0.3) is 5.91 Å². The van der Waals surface area contributed by atoms with Gasteiger partial charge in [-0.2, -0.15) is 5.10 Å². The van der Waals surface area contributed by atoms with Crippen LogP contribution in [0.1, 0.15) is 72.9 Å². The van der Waals surface area contributed by atoms with Gasteiger partial charge >= 0.3 is 0 Å². The van der Waals surface area contributed by atoms with Crippen molar-refractivity contribution in [3.63, 3.8) is 0 Å². The van der Waals surface area contributed by atoms with E-state index in [1.807, 2.05) is 11.1 Å². The lowest BCUT2D eigenvalue weighted by atomic mass is 9.91. The highest BCUT2D eigenvalue weighted by molar-refractivity contribution is 5.92. The summed E-state index contributed by atoms with van der Waals surface area (Å²) in [7, 11) is 0. The van der Waals surface area contributed by atoms with Crippen LogP contribution in [0.3, 0.4) is 0 Å². The minimum Gasteiger partial charge on any atom is -0.336 e. The number of H-pyrrole nitrogens is 1. The van der Waals surface area contributed by atoms with Crippen LogP contribution < -0.4 is 0 Å². The maximum Gasteiger partial charge on any atom is 0.274 e. The molecule has 1 saturated carbocycles. The number of hydrogen-bond donors (Lipinski definition) is 1. The summed E-state index contributed by atoms with van der Waals surface area (Å²) in [5.41, 5.74) is 0.607. The van der Waals surface area contributed by atoms with Gasteiger partial charge in [0.05, 0.1) is 0 Å². The first kappa shape index (κ1) is 16.0. The number of aromatic nitrogens is 5. The van der Waals surface area contributed by atoms with Crippen LogP contribution in [0.15, 0.2) is 6.20 Å². The Morgan fingerprint density at radius 2 is 2.12 bits per heavy atom.